The lowest BCUT2D eigenvalue weighted by molar-refractivity contribution is 0.102. The lowest BCUT2D eigenvalue weighted by Crippen LogP contribution is -2.15. The van der Waals surface area contributed by atoms with Gasteiger partial charge in [-0.2, -0.15) is 0 Å². The molecule has 0 aliphatic rings. The van der Waals surface area contributed by atoms with Gasteiger partial charge in [-0.15, -0.1) is 0 Å². The number of carbonyl (C=O) groups excluding carboxylic acids is 2. The second-order valence-electron chi connectivity index (χ2n) is 6.14. The van der Waals surface area contributed by atoms with E-state index in [1.165, 1.54) is 0 Å². The van der Waals surface area contributed by atoms with Gasteiger partial charge in [0.2, 0.25) is 0 Å². The molecule has 0 unspecified atom stereocenters. The van der Waals surface area contributed by atoms with Crippen LogP contribution in [0.1, 0.15) is 37.4 Å². The molecule has 3 aromatic carbocycles. The van der Waals surface area contributed by atoms with Crippen molar-refractivity contribution in [3.8, 4) is 0 Å². The van der Waals surface area contributed by atoms with Crippen LogP contribution in [0.5, 0.6) is 0 Å². The molecule has 0 radical (unpaired) electrons. The molecule has 0 fully saturated rings. The third kappa shape index (κ3) is 3.84. The molecule has 0 atom stereocenters. The minimum Gasteiger partial charge on any atom is -0.321 e. The number of hydrogen-bond donors (Lipinski definition) is 1. The highest BCUT2D eigenvalue weighted by Gasteiger charge is 2.17. The molecule has 0 bridgehead atoms. The molecule has 4 heteroatoms. The maximum atomic E-state index is 12.8. The Morgan fingerprint density at radius 1 is 0.808 bits per heavy atom. The summed E-state index contributed by atoms with van der Waals surface area (Å²) in [6, 6.07) is 19.3. The van der Waals surface area contributed by atoms with Gasteiger partial charge in [-0.3, -0.25) is 9.59 Å². The second kappa shape index (κ2) is 7.54. The Labute approximate surface area is 157 Å². The Morgan fingerprint density at radius 3 is 2.23 bits per heavy atom. The van der Waals surface area contributed by atoms with Crippen molar-refractivity contribution in [2.45, 2.75) is 13.8 Å². The van der Waals surface area contributed by atoms with E-state index in [1.807, 2.05) is 32.0 Å². The Hall–Kier alpha value is -2.91. The Balaban J connectivity index is 1.94. The third-order valence-electron chi connectivity index (χ3n) is 4.28. The maximum absolute atomic E-state index is 12.8. The molecule has 0 aromatic heterocycles. The molecule has 0 aliphatic carbocycles. The molecular formula is C22H18ClNO2. The molecule has 3 aromatic rings. The summed E-state index contributed by atoms with van der Waals surface area (Å²) in [5.74, 6) is -0.457. The minimum atomic E-state index is -0.266. The van der Waals surface area contributed by atoms with Gasteiger partial charge >= 0.3 is 0 Å². The minimum absolute atomic E-state index is 0.191. The number of hydrogen-bond acceptors (Lipinski definition) is 2. The summed E-state index contributed by atoms with van der Waals surface area (Å²) >= 11 is 6.08. The number of carbonyl (C=O) groups is 2. The van der Waals surface area contributed by atoms with E-state index in [4.69, 9.17) is 11.6 Å². The zero-order valence-electron chi connectivity index (χ0n) is 14.5. The van der Waals surface area contributed by atoms with Gasteiger partial charge in [-0.1, -0.05) is 48.0 Å². The van der Waals surface area contributed by atoms with Crippen molar-refractivity contribution in [3.63, 3.8) is 0 Å². The van der Waals surface area contributed by atoms with E-state index in [2.05, 4.69) is 5.32 Å². The first-order valence-electron chi connectivity index (χ1n) is 8.23. The van der Waals surface area contributed by atoms with Gasteiger partial charge in [-0.25, -0.2) is 0 Å². The Bertz CT molecular complexity index is 981. The molecule has 26 heavy (non-hydrogen) atoms. The first kappa shape index (κ1) is 17.9. The SMILES string of the molecule is Cc1ccc(C(=O)Nc2ccc(Cl)cc2C(=O)c2ccccc2)cc1C. The first-order valence-corrected chi connectivity index (χ1v) is 8.61. The van der Waals surface area contributed by atoms with Crippen LogP contribution >= 0.6 is 11.6 Å². The average molecular weight is 364 g/mol. The number of amides is 1. The lowest BCUT2D eigenvalue weighted by atomic mass is 10.0. The van der Waals surface area contributed by atoms with Gasteiger partial charge in [0.25, 0.3) is 5.91 Å². The Kier molecular flexibility index (Phi) is 5.19. The molecule has 3 nitrogen and oxygen atoms in total. The molecule has 1 N–H and O–H groups in total. The van der Waals surface area contributed by atoms with E-state index in [-0.39, 0.29) is 11.7 Å². The molecule has 130 valence electrons. The average Bonchev–Trinajstić information content (AvgIpc) is 2.65. The molecule has 0 spiro atoms. The van der Waals surface area contributed by atoms with E-state index in [0.717, 1.165) is 11.1 Å². The smallest absolute Gasteiger partial charge is 0.255 e. The number of ketones is 1. The number of nitrogens with one attached hydrogen (secondary N) is 1. The fourth-order valence-electron chi connectivity index (χ4n) is 2.64. The van der Waals surface area contributed by atoms with Gasteiger partial charge in [0.1, 0.15) is 0 Å². The van der Waals surface area contributed by atoms with Crippen molar-refractivity contribution in [1.29, 1.82) is 0 Å². The number of anilines is 1. The van der Waals surface area contributed by atoms with Crippen molar-refractivity contribution in [3.05, 3.63) is 99.6 Å². The molecule has 3 rings (SSSR count). The quantitative estimate of drug-likeness (QED) is 0.627. The van der Waals surface area contributed by atoms with Crippen LogP contribution in [0.15, 0.2) is 66.7 Å². The Morgan fingerprint density at radius 2 is 1.54 bits per heavy atom. The van der Waals surface area contributed by atoms with Crippen LogP contribution in [0, 0.1) is 13.8 Å². The zero-order valence-corrected chi connectivity index (χ0v) is 15.3. The molecule has 1 amide bonds. The van der Waals surface area contributed by atoms with Crippen LogP contribution < -0.4 is 5.32 Å². The third-order valence-corrected chi connectivity index (χ3v) is 4.51. The van der Waals surface area contributed by atoms with Crippen molar-refractivity contribution < 1.29 is 9.59 Å². The normalized spacial score (nSPS) is 10.4. The van der Waals surface area contributed by atoms with Gasteiger partial charge in [0.05, 0.1) is 5.69 Å². The van der Waals surface area contributed by atoms with Gasteiger partial charge in [0, 0.05) is 21.7 Å². The summed E-state index contributed by atoms with van der Waals surface area (Å²) in [4.78, 5) is 25.4. The highest BCUT2D eigenvalue weighted by atomic mass is 35.5. The van der Waals surface area contributed by atoms with Crippen LogP contribution in [0.3, 0.4) is 0 Å². The van der Waals surface area contributed by atoms with Gasteiger partial charge in [0.15, 0.2) is 5.78 Å². The number of rotatable bonds is 4. The first-order chi connectivity index (χ1) is 12.5. The second-order valence-corrected chi connectivity index (χ2v) is 6.57. The summed E-state index contributed by atoms with van der Waals surface area (Å²) in [7, 11) is 0. The highest BCUT2D eigenvalue weighted by Crippen LogP contribution is 2.24. The fourth-order valence-corrected chi connectivity index (χ4v) is 2.81. The van der Waals surface area contributed by atoms with Crippen LogP contribution in [0.4, 0.5) is 5.69 Å². The van der Waals surface area contributed by atoms with E-state index >= 15 is 0 Å². The van der Waals surface area contributed by atoms with Crippen LogP contribution in [-0.4, -0.2) is 11.7 Å². The maximum Gasteiger partial charge on any atom is 0.255 e. The summed E-state index contributed by atoms with van der Waals surface area (Å²) in [6.07, 6.45) is 0. The van der Waals surface area contributed by atoms with Crippen LogP contribution in [0.25, 0.3) is 0 Å². The molecule has 0 saturated carbocycles. The molecule has 0 heterocycles. The van der Waals surface area contributed by atoms with E-state index in [1.54, 1.807) is 48.5 Å². The summed E-state index contributed by atoms with van der Waals surface area (Å²) in [6.45, 7) is 3.95. The van der Waals surface area contributed by atoms with Crippen molar-refractivity contribution in [2.24, 2.45) is 0 Å². The highest BCUT2D eigenvalue weighted by molar-refractivity contribution is 6.31. The van der Waals surface area contributed by atoms with Gasteiger partial charge in [-0.05, 0) is 55.3 Å². The standard InChI is InChI=1S/C22H18ClNO2/c1-14-8-9-17(12-15(14)2)22(26)24-20-11-10-18(23)13-19(20)21(25)16-6-4-3-5-7-16/h3-13H,1-2H3,(H,24,26). The number of halogens is 1. The zero-order chi connectivity index (χ0) is 18.7. The van der Waals surface area contributed by atoms with Crippen molar-refractivity contribution >= 4 is 29.0 Å². The summed E-state index contributed by atoms with van der Waals surface area (Å²) in [5, 5.41) is 3.27. The predicted molar refractivity (Wildman–Crippen MR) is 105 cm³/mol. The molecule has 0 aliphatic heterocycles. The van der Waals surface area contributed by atoms with Crippen molar-refractivity contribution in [1.82, 2.24) is 0 Å². The van der Waals surface area contributed by atoms with E-state index < -0.39 is 0 Å². The predicted octanol–water partition coefficient (Wildman–Crippen LogP) is 5.44. The van der Waals surface area contributed by atoms with E-state index in [9.17, 15) is 9.59 Å². The fraction of sp³-hybridized carbons (Fsp3) is 0.0909. The summed E-state index contributed by atoms with van der Waals surface area (Å²) in [5.41, 5.74) is 4.03. The van der Waals surface area contributed by atoms with E-state index in [0.29, 0.717) is 27.4 Å². The van der Waals surface area contributed by atoms with Crippen LogP contribution in [0.2, 0.25) is 5.02 Å². The summed E-state index contributed by atoms with van der Waals surface area (Å²) < 4.78 is 0. The van der Waals surface area contributed by atoms with Gasteiger partial charge < -0.3 is 5.32 Å². The molecule has 0 saturated heterocycles. The largest absolute Gasteiger partial charge is 0.321 e. The van der Waals surface area contributed by atoms with Crippen LogP contribution in [-0.2, 0) is 0 Å². The number of aryl methyl sites for hydroxylation is 2. The lowest BCUT2D eigenvalue weighted by Gasteiger charge is -2.12. The topological polar surface area (TPSA) is 46.2 Å². The number of benzene rings is 3. The van der Waals surface area contributed by atoms with Crippen molar-refractivity contribution in [2.75, 3.05) is 5.32 Å². The molecular weight excluding hydrogens is 346 g/mol. The monoisotopic (exact) mass is 363 g/mol.